The molecule has 1 atom stereocenters. The Labute approximate surface area is 195 Å². The number of carboxylic acids is 1. The number of aliphatic carboxylic acids is 1. The van der Waals surface area contributed by atoms with Crippen LogP contribution in [0.2, 0.25) is 0 Å². The van der Waals surface area contributed by atoms with Gasteiger partial charge in [-0.25, -0.2) is 4.79 Å². The first-order valence-corrected chi connectivity index (χ1v) is 11.1. The van der Waals surface area contributed by atoms with Gasteiger partial charge in [0, 0.05) is 27.5 Å². The fourth-order valence-corrected chi connectivity index (χ4v) is 4.25. The van der Waals surface area contributed by atoms with Crippen molar-refractivity contribution in [3.8, 4) is 17.6 Å². The lowest BCUT2D eigenvalue weighted by Crippen LogP contribution is -2.26. The molecule has 0 aromatic heterocycles. The standard InChI is InChI=1S/C22H19Br3O4/c1-2-28-21(22(26)27)13-16-7-8-20(19(25)12-16)29-9-5-3-4-6-15-10-17(23)14-18(24)11-15/h3,5,7-8,10-12,14,21H,2,9,13H2,1H3,(H,26,27)/b5-3-/t21-/m0/s1. The van der Waals surface area contributed by atoms with Crippen LogP contribution >= 0.6 is 47.8 Å². The van der Waals surface area contributed by atoms with Crippen LogP contribution in [-0.2, 0) is 16.0 Å². The van der Waals surface area contributed by atoms with Crippen LogP contribution in [0.4, 0.5) is 0 Å². The van der Waals surface area contributed by atoms with Crippen molar-refractivity contribution in [1.29, 1.82) is 0 Å². The first-order valence-electron chi connectivity index (χ1n) is 8.77. The van der Waals surface area contributed by atoms with Crippen LogP contribution in [0.3, 0.4) is 0 Å². The minimum Gasteiger partial charge on any atom is -0.488 e. The number of allylic oxidation sites excluding steroid dienone is 1. The molecule has 0 saturated carbocycles. The van der Waals surface area contributed by atoms with Gasteiger partial charge in [0.05, 0.1) is 4.47 Å². The molecule has 0 aliphatic carbocycles. The van der Waals surface area contributed by atoms with E-state index in [-0.39, 0.29) is 0 Å². The minimum absolute atomic E-state index is 0.295. The molecular weight excluding hydrogens is 568 g/mol. The van der Waals surface area contributed by atoms with Gasteiger partial charge in [-0.1, -0.05) is 49.8 Å². The minimum atomic E-state index is -0.968. The Morgan fingerprint density at radius 2 is 1.90 bits per heavy atom. The molecule has 0 saturated heterocycles. The van der Waals surface area contributed by atoms with Crippen LogP contribution in [0.5, 0.6) is 5.75 Å². The molecule has 0 aliphatic rings. The van der Waals surface area contributed by atoms with Gasteiger partial charge in [-0.2, -0.15) is 0 Å². The first-order chi connectivity index (χ1) is 13.9. The van der Waals surface area contributed by atoms with Crippen molar-refractivity contribution in [3.63, 3.8) is 0 Å². The molecule has 2 aromatic rings. The van der Waals surface area contributed by atoms with E-state index < -0.39 is 12.1 Å². The highest BCUT2D eigenvalue weighted by molar-refractivity contribution is 9.11. The molecule has 2 aromatic carbocycles. The Morgan fingerprint density at radius 3 is 2.52 bits per heavy atom. The smallest absolute Gasteiger partial charge is 0.333 e. The first kappa shape index (κ1) is 23.7. The summed E-state index contributed by atoms with van der Waals surface area (Å²) in [5.74, 6) is 5.74. The second kappa shape index (κ2) is 12.2. The van der Waals surface area contributed by atoms with E-state index in [0.717, 1.165) is 24.5 Å². The third kappa shape index (κ3) is 8.35. The predicted octanol–water partition coefficient (Wildman–Crippen LogP) is 5.99. The maximum Gasteiger partial charge on any atom is 0.333 e. The Bertz CT molecular complexity index is 925. The SMILES string of the molecule is CCO[C@@H](Cc1ccc(OC/C=C\C#Cc2cc(Br)cc(Br)c2)c(Br)c1)C(=O)O. The zero-order valence-corrected chi connectivity index (χ0v) is 20.4. The van der Waals surface area contributed by atoms with Gasteiger partial charge < -0.3 is 14.6 Å². The third-order valence-electron chi connectivity index (χ3n) is 3.68. The predicted molar refractivity (Wildman–Crippen MR) is 124 cm³/mol. The van der Waals surface area contributed by atoms with Gasteiger partial charge in [-0.3, -0.25) is 0 Å². The molecule has 0 heterocycles. The second-order valence-electron chi connectivity index (χ2n) is 5.89. The van der Waals surface area contributed by atoms with E-state index in [2.05, 4.69) is 59.6 Å². The molecule has 0 fully saturated rings. The fourth-order valence-electron chi connectivity index (χ4n) is 2.42. The second-order valence-corrected chi connectivity index (χ2v) is 8.58. The molecule has 29 heavy (non-hydrogen) atoms. The van der Waals surface area contributed by atoms with Gasteiger partial charge in [0.25, 0.3) is 0 Å². The van der Waals surface area contributed by atoms with Crippen molar-refractivity contribution in [1.82, 2.24) is 0 Å². The average Bonchev–Trinajstić information content (AvgIpc) is 2.64. The van der Waals surface area contributed by atoms with Gasteiger partial charge in [-0.15, -0.1) is 0 Å². The summed E-state index contributed by atoms with van der Waals surface area (Å²) in [5.41, 5.74) is 1.76. The molecule has 2 rings (SSSR count). The number of hydrogen-bond acceptors (Lipinski definition) is 3. The molecule has 1 N–H and O–H groups in total. The third-order valence-corrected chi connectivity index (χ3v) is 5.21. The summed E-state index contributed by atoms with van der Waals surface area (Å²) in [6.45, 7) is 2.50. The summed E-state index contributed by atoms with van der Waals surface area (Å²) in [4.78, 5) is 11.2. The van der Waals surface area contributed by atoms with Crippen molar-refractivity contribution in [2.24, 2.45) is 0 Å². The zero-order valence-electron chi connectivity index (χ0n) is 15.6. The number of halogens is 3. The normalized spacial score (nSPS) is 11.7. The topological polar surface area (TPSA) is 55.8 Å². The van der Waals surface area contributed by atoms with Crippen molar-refractivity contribution in [2.75, 3.05) is 13.2 Å². The molecule has 0 unspecified atom stereocenters. The average molecular weight is 587 g/mol. The summed E-state index contributed by atoms with van der Waals surface area (Å²) in [7, 11) is 0. The van der Waals surface area contributed by atoms with Crippen LogP contribution in [0.1, 0.15) is 18.1 Å². The lowest BCUT2D eigenvalue weighted by molar-refractivity contribution is -0.149. The highest BCUT2D eigenvalue weighted by Gasteiger charge is 2.18. The quantitative estimate of drug-likeness (QED) is 0.386. The Morgan fingerprint density at radius 1 is 1.17 bits per heavy atom. The monoisotopic (exact) mass is 584 g/mol. The molecule has 0 spiro atoms. The van der Waals surface area contributed by atoms with Crippen LogP contribution in [0.25, 0.3) is 0 Å². The van der Waals surface area contributed by atoms with E-state index in [9.17, 15) is 9.90 Å². The van der Waals surface area contributed by atoms with Crippen molar-refractivity contribution >= 4 is 53.8 Å². The number of benzene rings is 2. The van der Waals surface area contributed by atoms with E-state index >= 15 is 0 Å². The van der Waals surface area contributed by atoms with E-state index in [4.69, 9.17) is 9.47 Å². The van der Waals surface area contributed by atoms with Gasteiger partial charge in [0.1, 0.15) is 12.4 Å². The molecule has 0 amide bonds. The van der Waals surface area contributed by atoms with Gasteiger partial charge in [-0.05, 0) is 70.9 Å². The van der Waals surface area contributed by atoms with E-state index in [1.807, 2.05) is 42.5 Å². The van der Waals surface area contributed by atoms with Crippen molar-refractivity contribution in [3.05, 3.63) is 73.1 Å². The van der Waals surface area contributed by atoms with Crippen molar-refractivity contribution in [2.45, 2.75) is 19.4 Å². The molecule has 152 valence electrons. The summed E-state index contributed by atoms with van der Waals surface area (Å²) in [5, 5.41) is 9.19. The highest BCUT2D eigenvalue weighted by Crippen LogP contribution is 2.27. The van der Waals surface area contributed by atoms with E-state index in [1.54, 1.807) is 13.0 Å². The zero-order chi connectivity index (χ0) is 21.2. The van der Waals surface area contributed by atoms with Gasteiger partial charge in [0.15, 0.2) is 6.10 Å². The number of rotatable bonds is 8. The lowest BCUT2D eigenvalue weighted by atomic mass is 10.1. The molecule has 0 aliphatic heterocycles. The molecule has 0 radical (unpaired) electrons. The van der Waals surface area contributed by atoms with Gasteiger partial charge in [0.2, 0.25) is 0 Å². The van der Waals surface area contributed by atoms with Crippen LogP contribution < -0.4 is 4.74 Å². The molecular formula is C22H19Br3O4. The Hall–Kier alpha value is -1.59. The van der Waals surface area contributed by atoms with E-state index in [0.29, 0.717) is 25.4 Å². The van der Waals surface area contributed by atoms with Crippen LogP contribution in [0.15, 0.2) is 62.0 Å². The lowest BCUT2D eigenvalue weighted by Gasteiger charge is -2.13. The number of ether oxygens (including phenoxy) is 2. The summed E-state index contributed by atoms with van der Waals surface area (Å²) in [6.07, 6.45) is 3.02. The largest absolute Gasteiger partial charge is 0.488 e. The van der Waals surface area contributed by atoms with Gasteiger partial charge >= 0.3 is 5.97 Å². The summed E-state index contributed by atoms with van der Waals surface area (Å²) in [6, 6.07) is 11.3. The number of carbonyl (C=O) groups is 1. The maximum absolute atomic E-state index is 11.2. The Balaban J connectivity index is 1.90. The van der Waals surface area contributed by atoms with Crippen molar-refractivity contribution < 1.29 is 19.4 Å². The van der Waals surface area contributed by atoms with Crippen LogP contribution in [-0.4, -0.2) is 30.4 Å². The highest BCUT2D eigenvalue weighted by atomic mass is 79.9. The van der Waals surface area contributed by atoms with Crippen LogP contribution in [0, 0.1) is 11.8 Å². The molecule has 7 heteroatoms. The molecule has 0 bridgehead atoms. The summed E-state index contributed by atoms with van der Waals surface area (Å²) < 4.78 is 13.7. The number of carboxylic acid groups (broad SMARTS) is 1. The maximum atomic E-state index is 11.2. The van der Waals surface area contributed by atoms with E-state index in [1.165, 1.54) is 0 Å². The fraction of sp³-hybridized carbons (Fsp3) is 0.227. The molecule has 4 nitrogen and oxygen atoms in total. The Kier molecular flexibility index (Phi) is 9.95. The summed E-state index contributed by atoms with van der Waals surface area (Å²) >= 11 is 10.3. The number of hydrogen-bond donors (Lipinski definition) is 1.